The second-order valence-corrected chi connectivity index (χ2v) is 14.6. The van der Waals surface area contributed by atoms with Gasteiger partial charge in [0.1, 0.15) is 13.2 Å². The Balaban J connectivity index is 4.17. The molecule has 0 aromatic heterocycles. The van der Waals surface area contributed by atoms with Crippen molar-refractivity contribution in [3.63, 3.8) is 0 Å². The number of rotatable bonds is 39. The van der Waals surface area contributed by atoms with E-state index >= 15 is 0 Å². The van der Waals surface area contributed by atoms with E-state index in [0.29, 0.717) is 19.3 Å². The fraction of sp³-hybridized carbons (Fsp3) is 0.886. The average molecular weight is 707 g/mol. The Hall–Kier alpha value is -1.85. The van der Waals surface area contributed by atoms with Crippen molar-refractivity contribution in [2.75, 3.05) is 13.2 Å². The highest BCUT2D eigenvalue weighted by Gasteiger charge is 2.19. The summed E-state index contributed by atoms with van der Waals surface area (Å²) in [6.07, 6.45) is 40.8. The summed E-state index contributed by atoms with van der Waals surface area (Å²) < 4.78 is 16.6. The number of unbranched alkanes of at least 4 members (excludes halogenated alkanes) is 26. The Morgan fingerprint density at radius 2 is 0.660 bits per heavy atom. The third kappa shape index (κ3) is 37.4. The molecule has 0 aromatic carbocycles. The van der Waals surface area contributed by atoms with Crippen molar-refractivity contribution in [3.8, 4) is 0 Å². The first kappa shape index (κ1) is 48.1. The fourth-order valence-electron chi connectivity index (χ4n) is 6.20. The van der Waals surface area contributed by atoms with Crippen LogP contribution in [0.3, 0.4) is 0 Å². The van der Waals surface area contributed by atoms with Crippen LogP contribution in [0.4, 0.5) is 0 Å². The van der Waals surface area contributed by atoms with Crippen molar-refractivity contribution >= 4 is 17.9 Å². The lowest BCUT2D eigenvalue weighted by Crippen LogP contribution is -2.30. The van der Waals surface area contributed by atoms with Gasteiger partial charge in [-0.25, -0.2) is 0 Å². The highest BCUT2D eigenvalue weighted by molar-refractivity contribution is 5.71. The number of allylic oxidation sites excluding steroid dienone is 2. The molecule has 0 saturated heterocycles. The van der Waals surface area contributed by atoms with Gasteiger partial charge < -0.3 is 14.2 Å². The summed E-state index contributed by atoms with van der Waals surface area (Å²) in [7, 11) is 0. The number of hydrogen-bond donors (Lipinski definition) is 0. The molecule has 0 aliphatic heterocycles. The standard InChI is InChI=1S/C44H82O6/c1-4-7-10-13-15-17-19-20-21-22-23-24-25-27-28-31-34-37-43(46)49-40-41(39-48-42(45)36-33-30-12-9-6-3)50-44(47)38-35-32-29-26-18-16-14-11-8-5-2/h20-21,41H,4-19,22-40H2,1-3H3/b21-20-. The van der Waals surface area contributed by atoms with E-state index in [0.717, 1.165) is 64.2 Å². The third-order valence-corrected chi connectivity index (χ3v) is 9.52. The molecule has 6 nitrogen and oxygen atoms in total. The van der Waals surface area contributed by atoms with Gasteiger partial charge in [0.2, 0.25) is 0 Å². The van der Waals surface area contributed by atoms with E-state index in [2.05, 4.69) is 32.9 Å². The molecule has 6 heteroatoms. The van der Waals surface area contributed by atoms with Gasteiger partial charge in [0.15, 0.2) is 6.10 Å². The van der Waals surface area contributed by atoms with Gasteiger partial charge in [-0.3, -0.25) is 14.4 Å². The summed E-state index contributed by atoms with van der Waals surface area (Å²) in [5.41, 5.74) is 0. The monoisotopic (exact) mass is 707 g/mol. The number of carbonyl (C=O) groups excluding carboxylic acids is 3. The van der Waals surface area contributed by atoms with Gasteiger partial charge >= 0.3 is 17.9 Å². The van der Waals surface area contributed by atoms with Crippen molar-refractivity contribution in [1.82, 2.24) is 0 Å². The number of esters is 3. The molecule has 0 aromatic rings. The Labute approximate surface area is 310 Å². The van der Waals surface area contributed by atoms with Crippen LogP contribution in [0, 0.1) is 0 Å². The lowest BCUT2D eigenvalue weighted by atomic mass is 10.1. The number of hydrogen-bond acceptors (Lipinski definition) is 6. The maximum absolute atomic E-state index is 12.6. The maximum atomic E-state index is 12.6. The molecule has 0 radical (unpaired) electrons. The predicted molar refractivity (Wildman–Crippen MR) is 210 cm³/mol. The van der Waals surface area contributed by atoms with Crippen molar-refractivity contribution in [2.24, 2.45) is 0 Å². The van der Waals surface area contributed by atoms with E-state index in [1.807, 2.05) is 0 Å². The molecule has 0 bridgehead atoms. The number of ether oxygens (including phenoxy) is 3. The van der Waals surface area contributed by atoms with Crippen LogP contribution in [0.1, 0.15) is 233 Å². The molecule has 0 amide bonds. The summed E-state index contributed by atoms with van der Waals surface area (Å²) in [6.45, 7) is 6.53. The topological polar surface area (TPSA) is 78.9 Å². The summed E-state index contributed by atoms with van der Waals surface area (Å²) >= 11 is 0. The van der Waals surface area contributed by atoms with E-state index in [1.54, 1.807) is 0 Å². The van der Waals surface area contributed by atoms with Crippen LogP contribution in [0.15, 0.2) is 12.2 Å². The van der Waals surface area contributed by atoms with Gasteiger partial charge in [-0.1, -0.05) is 181 Å². The zero-order valence-corrected chi connectivity index (χ0v) is 33.4. The van der Waals surface area contributed by atoms with E-state index < -0.39 is 6.10 Å². The van der Waals surface area contributed by atoms with Crippen molar-refractivity contribution in [2.45, 2.75) is 239 Å². The molecule has 0 fully saturated rings. The zero-order valence-electron chi connectivity index (χ0n) is 33.4. The minimum Gasteiger partial charge on any atom is -0.462 e. The molecule has 294 valence electrons. The quantitative estimate of drug-likeness (QED) is 0.0274. The highest BCUT2D eigenvalue weighted by atomic mass is 16.6. The van der Waals surface area contributed by atoms with E-state index in [9.17, 15) is 14.4 Å². The lowest BCUT2D eigenvalue weighted by Gasteiger charge is -2.18. The third-order valence-electron chi connectivity index (χ3n) is 9.52. The van der Waals surface area contributed by atoms with Crippen LogP contribution in [-0.2, 0) is 28.6 Å². The SMILES string of the molecule is CCCCCCCC/C=C\CCCCCCCCCC(=O)OCC(COC(=O)CCCCCCC)OC(=O)CCCCCCCCCCCC. The lowest BCUT2D eigenvalue weighted by molar-refractivity contribution is -0.167. The van der Waals surface area contributed by atoms with Crippen LogP contribution in [0.5, 0.6) is 0 Å². The molecule has 0 aliphatic carbocycles. The summed E-state index contributed by atoms with van der Waals surface area (Å²) in [4.78, 5) is 37.3. The molecule has 0 rings (SSSR count). The first-order valence-corrected chi connectivity index (χ1v) is 21.7. The summed E-state index contributed by atoms with van der Waals surface area (Å²) in [6, 6.07) is 0. The molecular weight excluding hydrogens is 624 g/mol. The molecular formula is C44H82O6. The van der Waals surface area contributed by atoms with Crippen LogP contribution in [-0.4, -0.2) is 37.2 Å². The van der Waals surface area contributed by atoms with Crippen LogP contribution < -0.4 is 0 Å². The van der Waals surface area contributed by atoms with Gasteiger partial charge in [-0.15, -0.1) is 0 Å². The first-order chi connectivity index (χ1) is 24.5. The van der Waals surface area contributed by atoms with Crippen molar-refractivity contribution in [1.29, 1.82) is 0 Å². The van der Waals surface area contributed by atoms with Crippen molar-refractivity contribution in [3.05, 3.63) is 12.2 Å². The molecule has 1 atom stereocenters. The summed E-state index contributed by atoms with van der Waals surface area (Å²) in [5, 5.41) is 0. The Morgan fingerprint density at radius 1 is 0.380 bits per heavy atom. The molecule has 50 heavy (non-hydrogen) atoms. The van der Waals surface area contributed by atoms with Crippen LogP contribution in [0.2, 0.25) is 0 Å². The molecule has 0 N–H and O–H groups in total. The normalized spacial score (nSPS) is 12.0. The Kier molecular flexibility index (Phi) is 38.5. The van der Waals surface area contributed by atoms with Crippen LogP contribution >= 0.6 is 0 Å². The molecule has 0 spiro atoms. The molecule has 1 unspecified atom stereocenters. The molecule has 0 aliphatic rings. The molecule has 0 saturated carbocycles. The van der Waals surface area contributed by atoms with Gasteiger partial charge in [0.05, 0.1) is 0 Å². The first-order valence-electron chi connectivity index (χ1n) is 21.7. The average Bonchev–Trinajstić information content (AvgIpc) is 3.11. The second kappa shape index (κ2) is 39.9. The van der Waals surface area contributed by atoms with Gasteiger partial charge in [0.25, 0.3) is 0 Å². The van der Waals surface area contributed by atoms with Gasteiger partial charge in [-0.05, 0) is 44.9 Å². The maximum Gasteiger partial charge on any atom is 0.306 e. The van der Waals surface area contributed by atoms with E-state index in [4.69, 9.17) is 14.2 Å². The summed E-state index contributed by atoms with van der Waals surface area (Å²) in [5.74, 6) is -0.885. The largest absolute Gasteiger partial charge is 0.462 e. The minimum atomic E-state index is -0.760. The second-order valence-electron chi connectivity index (χ2n) is 14.6. The molecule has 0 heterocycles. The van der Waals surface area contributed by atoms with Gasteiger partial charge in [-0.2, -0.15) is 0 Å². The highest BCUT2D eigenvalue weighted by Crippen LogP contribution is 2.14. The fourth-order valence-corrected chi connectivity index (χ4v) is 6.20. The van der Waals surface area contributed by atoms with Gasteiger partial charge in [0, 0.05) is 19.3 Å². The van der Waals surface area contributed by atoms with Crippen LogP contribution in [0.25, 0.3) is 0 Å². The van der Waals surface area contributed by atoms with Crippen molar-refractivity contribution < 1.29 is 28.6 Å². The number of carbonyl (C=O) groups is 3. The smallest absolute Gasteiger partial charge is 0.306 e. The zero-order chi connectivity index (χ0) is 36.6. The minimum absolute atomic E-state index is 0.0697. The van der Waals surface area contributed by atoms with E-state index in [1.165, 1.54) is 128 Å². The Morgan fingerprint density at radius 3 is 1.00 bits per heavy atom. The predicted octanol–water partition coefficient (Wildman–Crippen LogP) is 13.5. The van der Waals surface area contributed by atoms with E-state index in [-0.39, 0.29) is 31.1 Å². The Bertz CT molecular complexity index is 778.